The second kappa shape index (κ2) is 13.5. The molecule has 0 aliphatic carbocycles. The summed E-state index contributed by atoms with van der Waals surface area (Å²) in [6.07, 6.45) is -7.53. The Hall–Kier alpha value is -3.84. The molecule has 0 atom stereocenters. The Labute approximate surface area is 271 Å². The second-order valence-electron chi connectivity index (χ2n) is 9.94. The highest BCUT2D eigenvalue weighted by molar-refractivity contribution is 7.71. The van der Waals surface area contributed by atoms with Crippen LogP contribution in [-0.4, -0.2) is 77.3 Å². The van der Waals surface area contributed by atoms with E-state index in [1.165, 1.54) is 30.5 Å². The van der Waals surface area contributed by atoms with E-state index < -0.39 is 29.7 Å². The second-order valence-corrected chi connectivity index (χ2v) is 11.2. The van der Waals surface area contributed by atoms with E-state index in [0.29, 0.717) is 30.5 Å². The van der Waals surface area contributed by atoms with Crippen molar-refractivity contribution in [2.75, 3.05) is 26.2 Å². The summed E-state index contributed by atoms with van der Waals surface area (Å²) in [5, 5.41) is 15.6. The average molecular weight is 707 g/mol. The van der Waals surface area contributed by atoms with Crippen LogP contribution in [0.25, 0.3) is 0 Å². The quantitative estimate of drug-likeness (QED) is 0.144. The molecule has 0 unspecified atom stereocenters. The van der Waals surface area contributed by atoms with Crippen molar-refractivity contribution in [1.29, 1.82) is 0 Å². The van der Waals surface area contributed by atoms with Gasteiger partial charge in [0.1, 0.15) is 0 Å². The van der Waals surface area contributed by atoms with Crippen LogP contribution in [0.1, 0.15) is 22.8 Å². The van der Waals surface area contributed by atoms with Gasteiger partial charge < -0.3 is 0 Å². The van der Waals surface area contributed by atoms with E-state index in [2.05, 4.69) is 20.4 Å². The van der Waals surface area contributed by atoms with E-state index in [9.17, 15) is 31.1 Å². The normalized spacial score (nSPS) is 15.5. The van der Waals surface area contributed by atoms with Crippen LogP contribution in [0.15, 0.2) is 63.5 Å². The van der Waals surface area contributed by atoms with Crippen molar-refractivity contribution >= 4 is 47.8 Å². The minimum Gasteiger partial charge on any atom is -0.282 e. The predicted molar refractivity (Wildman–Crippen MR) is 160 cm³/mol. The van der Waals surface area contributed by atoms with Crippen molar-refractivity contribution in [2.24, 2.45) is 10.2 Å². The summed E-state index contributed by atoms with van der Waals surface area (Å²) < 4.78 is 84.4. The van der Waals surface area contributed by atoms with Gasteiger partial charge in [0.05, 0.1) is 25.8 Å². The number of alkyl halides is 6. The first-order chi connectivity index (χ1) is 21.7. The fraction of sp³-hybridized carbons (Fsp3) is 0.308. The molecule has 0 amide bonds. The molecular weight excluding hydrogens is 685 g/mol. The summed E-state index contributed by atoms with van der Waals surface area (Å²) in [7, 11) is 0. The molecule has 11 nitrogen and oxygen atoms in total. The SMILES string of the molecule is O=c1n(CN2CCN(Cn3nc(C(F)(F)F)n(/N=C/c4ccc(Cl)cc4)c3=S)CC2)nc(C(F)(F)F)n1/N=C/c1ccc(Cl)cc1. The molecule has 20 heteroatoms. The van der Waals surface area contributed by atoms with Gasteiger partial charge in [-0.3, -0.25) is 9.80 Å². The third-order valence-electron chi connectivity index (χ3n) is 6.66. The van der Waals surface area contributed by atoms with E-state index in [1.807, 2.05) is 0 Å². The van der Waals surface area contributed by atoms with Gasteiger partial charge in [-0.2, -0.15) is 50.6 Å². The summed E-state index contributed by atoms with van der Waals surface area (Å²) in [6.45, 7) is 0.685. The van der Waals surface area contributed by atoms with Crippen LogP contribution in [-0.2, 0) is 25.7 Å². The van der Waals surface area contributed by atoms with Crippen LogP contribution < -0.4 is 5.69 Å². The monoisotopic (exact) mass is 706 g/mol. The Morgan fingerprint density at radius 2 is 1.09 bits per heavy atom. The van der Waals surface area contributed by atoms with Crippen LogP contribution in [0.2, 0.25) is 10.0 Å². The Kier molecular flexibility index (Phi) is 9.83. The third kappa shape index (κ3) is 7.92. The third-order valence-corrected chi connectivity index (χ3v) is 7.55. The molecule has 1 aliphatic rings. The first-order valence-corrected chi connectivity index (χ1v) is 14.4. The van der Waals surface area contributed by atoms with Gasteiger partial charge in [-0.05, 0) is 47.6 Å². The van der Waals surface area contributed by atoms with Gasteiger partial charge in [0, 0.05) is 36.2 Å². The summed E-state index contributed by atoms with van der Waals surface area (Å²) in [5.41, 5.74) is -0.201. The number of halogens is 8. The zero-order valence-electron chi connectivity index (χ0n) is 23.3. The smallest absolute Gasteiger partial charge is 0.282 e. The first kappa shape index (κ1) is 33.5. The van der Waals surface area contributed by atoms with Crippen molar-refractivity contribution in [2.45, 2.75) is 25.7 Å². The molecule has 0 radical (unpaired) electrons. The lowest BCUT2D eigenvalue weighted by atomic mass is 10.2. The Morgan fingerprint density at radius 3 is 1.54 bits per heavy atom. The number of nitrogens with zero attached hydrogens (tertiary/aromatic N) is 10. The molecule has 1 aliphatic heterocycles. The minimum absolute atomic E-state index is 0.106. The summed E-state index contributed by atoms with van der Waals surface area (Å²) >= 11 is 16.9. The van der Waals surface area contributed by atoms with Gasteiger partial charge in [0.2, 0.25) is 4.77 Å². The molecule has 1 fully saturated rings. The predicted octanol–water partition coefficient (Wildman–Crippen LogP) is 5.11. The molecule has 5 rings (SSSR count). The number of hydrogen-bond acceptors (Lipinski definition) is 8. The zero-order chi connectivity index (χ0) is 33.2. The summed E-state index contributed by atoms with van der Waals surface area (Å²) in [6, 6.07) is 12.3. The maximum atomic E-state index is 13.8. The lowest BCUT2D eigenvalue weighted by Crippen LogP contribution is -2.48. The highest BCUT2D eigenvalue weighted by atomic mass is 35.5. The van der Waals surface area contributed by atoms with Crippen LogP contribution in [0.4, 0.5) is 26.3 Å². The van der Waals surface area contributed by atoms with E-state index in [1.54, 1.807) is 34.1 Å². The summed E-state index contributed by atoms with van der Waals surface area (Å²) in [5.74, 6) is -2.80. The fourth-order valence-electron chi connectivity index (χ4n) is 4.34. The van der Waals surface area contributed by atoms with Crippen LogP contribution in [0, 0.1) is 4.77 Å². The Balaban J connectivity index is 1.27. The lowest BCUT2D eigenvalue weighted by molar-refractivity contribution is -0.148. The number of aromatic nitrogens is 6. The van der Waals surface area contributed by atoms with Crippen molar-refractivity contribution in [3.8, 4) is 0 Å². The standard InChI is InChI=1S/C26H22Cl2F6N10OS/c27-19-5-1-17(2-6-19)13-35-43-21(25(29,30)31)37-41(23(43)45)15-39-9-11-40(12-10-39)16-42-24(46)44(22(38-42)26(32,33)34)36-14-18-3-7-20(28)8-4-18/h1-8,13-14H,9-12,15-16H2/b35-13+,36-14+. The minimum atomic E-state index is -4.96. The molecule has 0 bridgehead atoms. The van der Waals surface area contributed by atoms with Gasteiger partial charge in [0.25, 0.3) is 11.6 Å². The van der Waals surface area contributed by atoms with Gasteiger partial charge in [-0.1, -0.05) is 47.5 Å². The molecule has 0 N–H and O–H groups in total. The van der Waals surface area contributed by atoms with Crippen molar-refractivity contribution in [1.82, 2.24) is 38.7 Å². The topological polar surface area (TPSA) is 93.8 Å². The van der Waals surface area contributed by atoms with Crippen LogP contribution in [0.3, 0.4) is 0 Å². The van der Waals surface area contributed by atoms with Crippen LogP contribution >= 0.6 is 35.4 Å². The lowest BCUT2D eigenvalue weighted by Gasteiger charge is -2.33. The number of rotatable bonds is 8. The highest BCUT2D eigenvalue weighted by Crippen LogP contribution is 2.29. The number of benzene rings is 2. The molecule has 46 heavy (non-hydrogen) atoms. The summed E-state index contributed by atoms with van der Waals surface area (Å²) in [4.78, 5) is 16.3. The average Bonchev–Trinajstić information content (AvgIpc) is 3.49. The Morgan fingerprint density at radius 1 is 0.696 bits per heavy atom. The van der Waals surface area contributed by atoms with Crippen molar-refractivity contribution < 1.29 is 26.3 Å². The maximum Gasteiger partial charge on any atom is 0.453 e. The van der Waals surface area contributed by atoms with E-state index in [0.717, 1.165) is 10.9 Å². The molecule has 3 heterocycles. The largest absolute Gasteiger partial charge is 0.453 e. The number of hydrogen-bond donors (Lipinski definition) is 0. The molecule has 4 aromatic rings. The fourth-order valence-corrected chi connectivity index (χ4v) is 4.83. The van der Waals surface area contributed by atoms with Gasteiger partial charge in [-0.15, -0.1) is 10.2 Å². The highest BCUT2D eigenvalue weighted by Gasteiger charge is 2.40. The van der Waals surface area contributed by atoms with Crippen molar-refractivity contribution in [3.63, 3.8) is 0 Å². The van der Waals surface area contributed by atoms with E-state index in [4.69, 9.17) is 35.4 Å². The molecule has 244 valence electrons. The molecular formula is C26H22Cl2F6N10OS. The molecule has 1 saturated heterocycles. The van der Waals surface area contributed by atoms with E-state index in [-0.39, 0.29) is 49.0 Å². The van der Waals surface area contributed by atoms with Gasteiger partial charge >= 0.3 is 18.0 Å². The Bertz CT molecular complexity index is 1720. The molecule has 0 saturated carbocycles. The molecule has 2 aromatic carbocycles. The molecule has 0 spiro atoms. The molecule has 2 aromatic heterocycles. The van der Waals surface area contributed by atoms with Gasteiger partial charge in [-0.25, -0.2) is 9.48 Å². The zero-order valence-corrected chi connectivity index (χ0v) is 25.7. The first-order valence-electron chi connectivity index (χ1n) is 13.3. The van der Waals surface area contributed by atoms with Gasteiger partial charge in [0.15, 0.2) is 0 Å². The van der Waals surface area contributed by atoms with E-state index >= 15 is 0 Å². The maximum absolute atomic E-state index is 13.8. The number of piperazine rings is 1. The van der Waals surface area contributed by atoms with Crippen molar-refractivity contribution in [3.05, 3.63) is 96.6 Å². The van der Waals surface area contributed by atoms with Crippen LogP contribution in [0.5, 0.6) is 0 Å².